The molecule has 2 rings (SSSR count). The van der Waals surface area contributed by atoms with Crippen molar-refractivity contribution < 1.29 is 4.74 Å². The van der Waals surface area contributed by atoms with Gasteiger partial charge >= 0.3 is 0 Å². The van der Waals surface area contributed by atoms with Gasteiger partial charge in [0.2, 0.25) is 5.13 Å². The van der Waals surface area contributed by atoms with Gasteiger partial charge in [-0.25, -0.2) is 0 Å². The zero-order valence-corrected chi connectivity index (χ0v) is 14.1. The van der Waals surface area contributed by atoms with Crippen LogP contribution in [0.25, 0.3) is 0 Å². The smallest absolute Gasteiger partial charge is 0.206 e. The third kappa shape index (κ3) is 4.17. The van der Waals surface area contributed by atoms with E-state index in [0.29, 0.717) is 5.92 Å². The van der Waals surface area contributed by atoms with Crippen molar-refractivity contribution in [3.05, 3.63) is 34.3 Å². The molecule has 0 radical (unpaired) electrons. The number of methoxy groups -OCH3 is 1. The van der Waals surface area contributed by atoms with Crippen LogP contribution in [0.1, 0.15) is 42.9 Å². The molecule has 0 fully saturated rings. The lowest BCUT2D eigenvalue weighted by Gasteiger charge is -2.17. The van der Waals surface area contributed by atoms with Crippen molar-refractivity contribution in [2.75, 3.05) is 12.4 Å². The van der Waals surface area contributed by atoms with Crippen LogP contribution in [-0.2, 0) is 6.42 Å². The number of anilines is 1. The van der Waals surface area contributed by atoms with E-state index in [1.54, 1.807) is 18.4 Å². The molecule has 0 aliphatic rings. The second-order valence-electron chi connectivity index (χ2n) is 5.71. The van der Waals surface area contributed by atoms with Crippen LogP contribution in [0.4, 0.5) is 5.13 Å². The van der Waals surface area contributed by atoms with Gasteiger partial charge in [-0.1, -0.05) is 42.9 Å². The number of aromatic nitrogens is 2. The zero-order valence-electron chi connectivity index (χ0n) is 13.3. The summed E-state index contributed by atoms with van der Waals surface area (Å²) in [5.74, 6) is 1.49. The molecule has 1 unspecified atom stereocenters. The molecule has 1 aromatic carbocycles. The highest BCUT2D eigenvalue weighted by Gasteiger charge is 2.14. The Morgan fingerprint density at radius 1 is 1.24 bits per heavy atom. The molecule has 0 bridgehead atoms. The van der Waals surface area contributed by atoms with E-state index in [0.717, 1.165) is 27.9 Å². The minimum Gasteiger partial charge on any atom is -0.496 e. The van der Waals surface area contributed by atoms with Crippen molar-refractivity contribution in [2.24, 2.45) is 5.92 Å². The molecule has 0 saturated carbocycles. The van der Waals surface area contributed by atoms with Crippen LogP contribution in [-0.4, -0.2) is 17.3 Å². The van der Waals surface area contributed by atoms with Gasteiger partial charge in [-0.2, -0.15) is 0 Å². The van der Waals surface area contributed by atoms with Crippen molar-refractivity contribution in [3.63, 3.8) is 0 Å². The summed E-state index contributed by atoms with van der Waals surface area (Å²) >= 11 is 1.63. The van der Waals surface area contributed by atoms with E-state index in [1.165, 1.54) is 5.56 Å². The SMILES string of the molecule is COc1ccc(C)cc1C(C)Nc1nnc(CC(C)C)s1. The maximum absolute atomic E-state index is 5.44. The molecule has 5 heteroatoms. The lowest BCUT2D eigenvalue weighted by molar-refractivity contribution is 0.408. The van der Waals surface area contributed by atoms with E-state index < -0.39 is 0 Å². The van der Waals surface area contributed by atoms with Crippen LogP contribution in [0.3, 0.4) is 0 Å². The standard InChI is InChI=1S/C16H23N3OS/c1-10(2)8-15-18-19-16(21-15)17-12(4)13-9-11(3)6-7-14(13)20-5/h6-7,9-10,12H,8H2,1-5H3,(H,17,19). The van der Waals surface area contributed by atoms with E-state index in [4.69, 9.17) is 4.74 Å². The molecule has 4 nitrogen and oxygen atoms in total. The highest BCUT2D eigenvalue weighted by Crippen LogP contribution is 2.29. The molecule has 1 N–H and O–H groups in total. The van der Waals surface area contributed by atoms with E-state index in [9.17, 15) is 0 Å². The van der Waals surface area contributed by atoms with Gasteiger partial charge in [0, 0.05) is 12.0 Å². The number of rotatable bonds is 6. The molecular weight excluding hydrogens is 282 g/mol. The summed E-state index contributed by atoms with van der Waals surface area (Å²) < 4.78 is 5.44. The molecule has 0 aliphatic carbocycles. The van der Waals surface area contributed by atoms with Gasteiger partial charge in [-0.15, -0.1) is 10.2 Å². The maximum atomic E-state index is 5.44. The lowest BCUT2D eigenvalue weighted by atomic mass is 10.0. The van der Waals surface area contributed by atoms with Crippen molar-refractivity contribution in [1.82, 2.24) is 10.2 Å². The summed E-state index contributed by atoms with van der Waals surface area (Å²) in [6.07, 6.45) is 0.974. The van der Waals surface area contributed by atoms with Gasteiger partial charge in [-0.3, -0.25) is 0 Å². The number of aryl methyl sites for hydroxylation is 1. The third-order valence-electron chi connectivity index (χ3n) is 3.24. The number of ether oxygens (including phenoxy) is 1. The molecule has 0 amide bonds. The van der Waals surface area contributed by atoms with Crippen molar-refractivity contribution >= 4 is 16.5 Å². The fraction of sp³-hybridized carbons (Fsp3) is 0.500. The van der Waals surface area contributed by atoms with Gasteiger partial charge in [0.15, 0.2) is 0 Å². The Kier molecular flexibility index (Phi) is 5.17. The normalized spacial score (nSPS) is 12.5. The van der Waals surface area contributed by atoms with E-state index in [1.807, 2.05) is 6.07 Å². The van der Waals surface area contributed by atoms with Crippen LogP contribution in [0.5, 0.6) is 5.75 Å². The Morgan fingerprint density at radius 3 is 2.67 bits per heavy atom. The first-order chi connectivity index (χ1) is 9.99. The molecule has 1 heterocycles. The molecular formula is C16H23N3OS. The van der Waals surface area contributed by atoms with Gasteiger partial charge in [0.05, 0.1) is 13.2 Å². The lowest BCUT2D eigenvalue weighted by Crippen LogP contribution is -2.08. The highest BCUT2D eigenvalue weighted by molar-refractivity contribution is 7.15. The molecule has 2 aromatic rings. The molecule has 21 heavy (non-hydrogen) atoms. The quantitative estimate of drug-likeness (QED) is 0.867. The fourth-order valence-electron chi connectivity index (χ4n) is 2.20. The van der Waals surface area contributed by atoms with Crippen LogP contribution in [0.2, 0.25) is 0 Å². The average molecular weight is 305 g/mol. The topological polar surface area (TPSA) is 47.0 Å². The number of benzene rings is 1. The van der Waals surface area contributed by atoms with Gasteiger partial charge in [0.25, 0.3) is 0 Å². The molecule has 0 saturated heterocycles. The first-order valence-corrected chi connectivity index (χ1v) is 8.04. The third-order valence-corrected chi connectivity index (χ3v) is 4.12. The number of hydrogen-bond acceptors (Lipinski definition) is 5. The van der Waals surface area contributed by atoms with Crippen LogP contribution >= 0.6 is 11.3 Å². The Bertz CT molecular complexity index is 595. The maximum Gasteiger partial charge on any atom is 0.206 e. The van der Waals surface area contributed by atoms with E-state index >= 15 is 0 Å². The number of nitrogens with one attached hydrogen (secondary N) is 1. The van der Waals surface area contributed by atoms with Crippen LogP contribution in [0, 0.1) is 12.8 Å². The molecule has 1 aromatic heterocycles. The average Bonchev–Trinajstić information content (AvgIpc) is 2.85. The van der Waals surface area contributed by atoms with Crippen molar-refractivity contribution in [2.45, 2.75) is 40.2 Å². The summed E-state index contributed by atoms with van der Waals surface area (Å²) in [4.78, 5) is 0. The van der Waals surface area contributed by atoms with Crippen LogP contribution < -0.4 is 10.1 Å². The second-order valence-corrected chi connectivity index (χ2v) is 6.77. The molecule has 114 valence electrons. The van der Waals surface area contributed by atoms with Gasteiger partial charge < -0.3 is 10.1 Å². The predicted octanol–water partition coefficient (Wildman–Crippen LogP) is 4.23. The second kappa shape index (κ2) is 6.89. The Morgan fingerprint density at radius 2 is 2.00 bits per heavy atom. The largest absolute Gasteiger partial charge is 0.496 e. The fourth-order valence-corrected chi connectivity index (χ4v) is 3.24. The Labute approximate surface area is 130 Å². The minimum absolute atomic E-state index is 0.125. The van der Waals surface area contributed by atoms with E-state index in [2.05, 4.69) is 55.3 Å². The van der Waals surface area contributed by atoms with Crippen molar-refractivity contribution in [3.8, 4) is 5.75 Å². The van der Waals surface area contributed by atoms with Crippen molar-refractivity contribution in [1.29, 1.82) is 0 Å². The predicted molar refractivity (Wildman–Crippen MR) is 88.2 cm³/mol. The first kappa shape index (κ1) is 15.8. The number of hydrogen-bond donors (Lipinski definition) is 1. The minimum atomic E-state index is 0.125. The molecule has 1 atom stereocenters. The Balaban J connectivity index is 2.12. The summed E-state index contributed by atoms with van der Waals surface area (Å²) in [6.45, 7) is 8.58. The zero-order chi connectivity index (χ0) is 15.4. The van der Waals surface area contributed by atoms with Crippen LogP contribution in [0.15, 0.2) is 18.2 Å². The summed E-state index contributed by atoms with van der Waals surface area (Å²) in [5.41, 5.74) is 2.36. The van der Waals surface area contributed by atoms with E-state index in [-0.39, 0.29) is 6.04 Å². The summed E-state index contributed by atoms with van der Waals surface area (Å²) in [6, 6.07) is 6.33. The van der Waals surface area contributed by atoms with Gasteiger partial charge in [0.1, 0.15) is 10.8 Å². The number of nitrogens with zero attached hydrogens (tertiary/aromatic N) is 2. The van der Waals surface area contributed by atoms with Gasteiger partial charge in [-0.05, 0) is 25.8 Å². The first-order valence-electron chi connectivity index (χ1n) is 7.23. The Hall–Kier alpha value is -1.62. The highest BCUT2D eigenvalue weighted by atomic mass is 32.1. The molecule has 0 aliphatic heterocycles. The monoisotopic (exact) mass is 305 g/mol. The summed E-state index contributed by atoms with van der Waals surface area (Å²) in [7, 11) is 1.70. The molecule has 0 spiro atoms. The summed E-state index contributed by atoms with van der Waals surface area (Å²) in [5, 5.41) is 13.8.